The van der Waals surface area contributed by atoms with Crippen molar-refractivity contribution in [3.05, 3.63) is 24.3 Å². The largest absolute Gasteiger partial charge is 0.272 e. The maximum absolute atomic E-state index is 12.9. The fourth-order valence-electron chi connectivity index (χ4n) is 6.17. The summed E-state index contributed by atoms with van der Waals surface area (Å²) >= 11 is 0. The van der Waals surface area contributed by atoms with Crippen LogP contribution in [0.2, 0.25) is 0 Å². The van der Waals surface area contributed by atoms with Gasteiger partial charge in [0.25, 0.3) is 23.6 Å². The van der Waals surface area contributed by atoms with Crippen LogP contribution in [0.4, 0.5) is 0 Å². The Labute approximate surface area is 151 Å². The maximum Gasteiger partial charge on any atom is 0.253 e. The molecule has 2 heterocycles. The molecule has 0 spiro atoms. The van der Waals surface area contributed by atoms with Gasteiger partial charge in [-0.05, 0) is 36.5 Å². The summed E-state index contributed by atoms with van der Waals surface area (Å²) in [4.78, 5) is 51.5. The van der Waals surface area contributed by atoms with Gasteiger partial charge in [0.15, 0.2) is 0 Å². The Morgan fingerprint density at radius 3 is 1.04 bits per heavy atom. The zero-order valence-electron chi connectivity index (χ0n) is 14.9. The smallest absolute Gasteiger partial charge is 0.253 e. The maximum atomic E-state index is 12.9. The van der Waals surface area contributed by atoms with Gasteiger partial charge in [0.2, 0.25) is 0 Å². The molecule has 2 saturated carbocycles. The first-order valence-electron chi connectivity index (χ1n) is 9.70. The second-order valence-electron chi connectivity index (χ2n) is 7.98. The quantitative estimate of drug-likeness (QED) is 0.529. The lowest BCUT2D eigenvalue weighted by atomic mass is 9.85. The van der Waals surface area contributed by atoms with Crippen LogP contribution < -0.4 is 0 Å². The third-order valence-corrected chi connectivity index (χ3v) is 7.09. The Balaban J connectivity index is 0.000000727. The molecule has 6 rings (SSSR count). The van der Waals surface area contributed by atoms with Crippen LogP contribution in [0.25, 0.3) is 0 Å². The van der Waals surface area contributed by atoms with Crippen molar-refractivity contribution in [2.45, 2.75) is 26.7 Å². The van der Waals surface area contributed by atoms with E-state index in [2.05, 4.69) is 0 Å². The number of carbonyl (C=O) groups excluding carboxylic acids is 4. The van der Waals surface area contributed by atoms with Crippen LogP contribution in [0.5, 0.6) is 0 Å². The molecule has 0 N–H and O–H groups in total. The minimum atomic E-state index is -0.386. The number of hydrazine groups is 1. The molecule has 2 aliphatic heterocycles. The summed E-state index contributed by atoms with van der Waals surface area (Å²) in [6, 6.07) is 0. The Bertz CT molecular complexity index is 674. The van der Waals surface area contributed by atoms with Gasteiger partial charge in [-0.3, -0.25) is 19.2 Å². The summed E-state index contributed by atoms with van der Waals surface area (Å²) in [5, 5.41) is 1.81. The Morgan fingerprint density at radius 1 is 0.577 bits per heavy atom. The van der Waals surface area contributed by atoms with E-state index in [4.69, 9.17) is 0 Å². The molecule has 8 unspecified atom stereocenters. The molecule has 6 aliphatic rings. The molecular formula is C20H22N2O4. The van der Waals surface area contributed by atoms with Crippen LogP contribution in [0, 0.1) is 47.3 Å². The van der Waals surface area contributed by atoms with Gasteiger partial charge in [-0.1, -0.05) is 38.2 Å². The number of hydrogen-bond acceptors (Lipinski definition) is 4. The molecule has 136 valence electrons. The number of rotatable bonds is 1. The van der Waals surface area contributed by atoms with Gasteiger partial charge in [-0.15, -0.1) is 0 Å². The molecule has 4 fully saturated rings. The van der Waals surface area contributed by atoms with Gasteiger partial charge in [-0.25, -0.2) is 0 Å². The van der Waals surface area contributed by atoms with Crippen molar-refractivity contribution in [3.63, 3.8) is 0 Å². The first kappa shape index (κ1) is 16.0. The van der Waals surface area contributed by atoms with E-state index in [9.17, 15) is 19.2 Å². The van der Waals surface area contributed by atoms with Gasteiger partial charge < -0.3 is 0 Å². The average molecular weight is 354 g/mol. The molecule has 0 aromatic heterocycles. The normalized spacial score (nSPS) is 46.4. The van der Waals surface area contributed by atoms with Crippen molar-refractivity contribution in [1.82, 2.24) is 10.0 Å². The highest BCUT2D eigenvalue weighted by Crippen LogP contribution is 2.56. The lowest BCUT2D eigenvalue weighted by Crippen LogP contribution is -2.51. The third kappa shape index (κ3) is 1.63. The number of allylic oxidation sites excluding steroid dienone is 4. The molecule has 26 heavy (non-hydrogen) atoms. The summed E-state index contributed by atoms with van der Waals surface area (Å²) in [7, 11) is 0. The molecule has 6 heteroatoms. The number of amides is 4. The zero-order valence-corrected chi connectivity index (χ0v) is 14.9. The summed E-state index contributed by atoms with van der Waals surface area (Å²) in [5.74, 6) is -2.67. The van der Waals surface area contributed by atoms with Gasteiger partial charge in [0.05, 0.1) is 23.7 Å². The second kappa shape index (κ2) is 5.15. The SMILES string of the molecule is CC.O=C1C2C3C=CC(C3)C2C(=O)N1N1C(=O)C2C3C=CC(C3)C2C1=O. The number of imide groups is 2. The van der Waals surface area contributed by atoms with Gasteiger partial charge in [-0.2, -0.15) is 10.0 Å². The monoisotopic (exact) mass is 354 g/mol. The molecule has 0 aromatic carbocycles. The van der Waals surface area contributed by atoms with Crippen LogP contribution in [0.3, 0.4) is 0 Å². The topological polar surface area (TPSA) is 74.8 Å². The minimum absolute atomic E-state index is 0.0756. The lowest BCUT2D eigenvalue weighted by molar-refractivity contribution is -0.174. The summed E-state index contributed by atoms with van der Waals surface area (Å²) in [5.41, 5.74) is 0. The molecule has 0 radical (unpaired) electrons. The second-order valence-corrected chi connectivity index (χ2v) is 7.98. The number of carbonyl (C=O) groups is 4. The Hall–Kier alpha value is -2.24. The van der Waals surface area contributed by atoms with E-state index in [1.165, 1.54) is 0 Å². The third-order valence-electron chi connectivity index (χ3n) is 7.09. The summed E-state index contributed by atoms with van der Waals surface area (Å²) < 4.78 is 0. The Morgan fingerprint density at radius 2 is 0.808 bits per heavy atom. The molecular weight excluding hydrogens is 332 g/mol. The standard InChI is InChI=1S/C18H16N2O4.C2H6/c21-15-11-7-1-2-8(5-7)12(11)16(22)19(15)20-17(23)13-9-3-4-10(6-9)14(13)18(20)24;1-2/h1-4,7-14H,5-6H2;1-2H3. The first-order chi connectivity index (χ1) is 12.6. The molecule has 8 atom stereocenters. The van der Waals surface area contributed by atoms with E-state index >= 15 is 0 Å². The van der Waals surface area contributed by atoms with Gasteiger partial charge in [0, 0.05) is 0 Å². The number of nitrogens with zero attached hydrogens (tertiary/aromatic N) is 2. The predicted molar refractivity (Wildman–Crippen MR) is 90.5 cm³/mol. The summed E-state index contributed by atoms with van der Waals surface area (Å²) in [6.45, 7) is 4.00. The van der Waals surface area contributed by atoms with E-state index in [1.54, 1.807) is 0 Å². The highest BCUT2D eigenvalue weighted by molar-refractivity contribution is 6.14. The minimum Gasteiger partial charge on any atom is -0.272 e. The van der Waals surface area contributed by atoms with Crippen molar-refractivity contribution < 1.29 is 19.2 Å². The zero-order chi connectivity index (χ0) is 18.3. The molecule has 6 nitrogen and oxygen atoms in total. The van der Waals surface area contributed by atoms with E-state index in [0.717, 1.165) is 22.9 Å². The van der Waals surface area contributed by atoms with E-state index < -0.39 is 0 Å². The molecule has 0 aromatic rings. The van der Waals surface area contributed by atoms with Crippen LogP contribution in [-0.2, 0) is 19.2 Å². The highest BCUT2D eigenvalue weighted by atomic mass is 16.2. The predicted octanol–water partition coefficient (Wildman–Crippen LogP) is 1.54. The van der Waals surface area contributed by atoms with E-state index in [-0.39, 0.29) is 71.0 Å². The van der Waals surface area contributed by atoms with Crippen LogP contribution >= 0.6 is 0 Å². The van der Waals surface area contributed by atoms with Crippen LogP contribution in [-0.4, -0.2) is 33.6 Å². The van der Waals surface area contributed by atoms with Gasteiger partial charge in [0.1, 0.15) is 0 Å². The van der Waals surface area contributed by atoms with Crippen LogP contribution in [0.15, 0.2) is 24.3 Å². The molecule has 4 bridgehead atoms. The van der Waals surface area contributed by atoms with Crippen molar-refractivity contribution in [1.29, 1.82) is 0 Å². The highest BCUT2D eigenvalue weighted by Gasteiger charge is 2.66. The van der Waals surface area contributed by atoms with Crippen molar-refractivity contribution in [2.24, 2.45) is 47.3 Å². The fraction of sp³-hybridized carbons (Fsp3) is 0.600. The van der Waals surface area contributed by atoms with E-state index in [0.29, 0.717) is 0 Å². The lowest BCUT2D eigenvalue weighted by Gasteiger charge is -2.26. The number of fused-ring (bicyclic) bond motifs is 10. The molecule has 2 saturated heterocycles. The summed E-state index contributed by atoms with van der Waals surface area (Å²) in [6.07, 6.45) is 9.70. The van der Waals surface area contributed by atoms with Crippen LogP contribution in [0.1, 0.15) is 26.7 Å². The first-order valence-corrected chi connectivity index (χ1v) is 9.70. The van der Waals surface area contributed by atoms with Gasteiger partial charge >= 0.3 is 0 Å². The Kier molecular flexibility index (Phi) is 3.16. The van der Waals surface area contributed by atoms with Crippen molar-refractivity contribution in [2.75, 3.05) is 0 Å². The molecule has 4 amide bonds. The van der Waals surface area contributed by atoms with Crippen molar-refractivity contribution in [3.8, 4) is 0 Å². The fourth-order valence-corrected chi connectivity index (χ4v) is 6.17. The van der Waals surface area contributed by atoms with E-state index in [1.807, 2.05) is 38.2 Å². The van der Waals surface area contributed by atoms with Crippen molar-refractivity contribution >= 4 is 23.6 Å². The number of hydrogen-bond donors (Lipinski definition) is 0. The molecule has 4 aliphatic carbocycles. The average Bonchev–Trinajstić information content (AvgIpc) is 3.46.